The van der Waals surface area contributed by atoms with E-state index >= 15 is 0 Å². The van der Waals surface area contributed by atoms with E-state index in [0.29, 0.717) is 18.0 Å². The van der Waals surface area contributed by atoms with Crippen LogP contribution >= 0.6 is 11.6 Å². The number of likely N-dealkylation sites (tertiary alicyclic amines) is 1. The molecule has 2 atom stereocenters. The second-order valence-corrected chi connectivity index (χ2v) is 9.63. The van der Waals surface area contributed by atoms with E-state index in [1.807, 2.05) is 36.4 Å². The molecule has 0 spiro atoms. The highest BCUT2D eigenvalue weighted by molar-refractivity contribution is 6.30. The van der Waals surface area contributed by atoms with E-state index in [1.165, 1.54) is 22.3 Å². The SMILES string of the molecule is C[C@H](O)C[C@H](C(=O)NCc1ccc(Cl)cc1)N1CCC(=C(c2ccccc2)c2ccccc2)CC1. The molecular formula is C30H33ClN2O2. The largest absolute Gasteiger partial charge is 0.393 e. The van der Waals surface area contributed by atoms with E-state index in [-0.39, 0.29) is 11.9 Å². The van der Waals surface area contributed by atoms with Crippen molar-refractivity contribution in [3.63, 3.8) is 0 Å². The topological polar surface area (TPSA) is 52.6 Å². The zero-order valence-electron chi connectivity index (χ0n) is 20.2. The molecule has 4 rings (SSSR count). The number of piperidine rings is 1. The van der Waals surface area contributed by atoms with Crippen molar-refractivity contribution in [2.75, 3.05) is 13.1 Å². The molecule has 0 radical (unpaired) electrons. The Morgan fingerprint density at radius 2 is 1.46 bits per heavy atom. The number of carbonyl (C=O) groups excluding carboxylic acids is 1. The first-order chi connectivity index (χ1) is 17.0. The number of rotatable bonds is 8. The van der Waals surface area contributed by atoms with Crippen LogP contribution in [-0.2, 0) is 11.3 Å². The average Bonchev–Trinajstić information content (AvgIpc) is 2.89. The molecule has 182 valence electrons. The minimum atomic E-state index is -0.553. The molecule has 0 bridgehead atoms. The fourth-order valence-corrected chi connectivity index (χ4v) is 4.92. The van der Waals surface area contributed by atoms with Crippen molar-refractivity contribution in [3.8, 4) is 0 Å². The van der Waals surface area contributed by atoms with Crippen molar-refractivity contribution in [2.45, 2.75) is 44.9 Å². The van der Waals surface area contributed by atoms with Gasteiger partial charge in [0.05, 0.1) is 12.1 Å². The third-order valence-corrected chi connectivity index (χ3v) is 6.82. The summed E-state index contributed by atoms with van der Waals surface area (Å²) in [6.45, 7) is 3.75. The van der Waals surface area contributed by atoms with Gasteiger partial charge in [-0.15, -0.1) is 0 Å². The van der Waals surface area contributed by atoms with Crippen molar-refractivity contribution < 1.29 is 9.90 Å². The number of aliphatic hydroxyl groups excluding tert-OH is 1. The van der Waals surface area contributed by atoms with E-state index in [9.17, 15) is 9.90 Å². The minimum Gasteiger partial charge on any atom is -0.393 e. The Morgan fingerprint density at radius 1 is 0.914 bits per heavy atom. The summed E-state index contributed by atoms with van der Waals surface area (Å²) in [5, 5.41) is 13.9. The molecule has 1 aliphatic rings. The molecule has 0 aromatic heterocycles. The van der Waals surface area contributed by atoms with Gasteiger partial charge in [-0.25, -0.2) is 0 Å². The Kier molecular flexibility index (Phi) is 8.75. The lowest BCUT2D eigenvalue weighted by Gasteiger charge is -2.36. The van der Waals surface area contributed by atoms with Gasteiger partial charge in [0.25, 0.3) is 0 Å². The molecule has 1 saturated heterocycles. The molecule has 0 saturated carbocycles. The Bertz CT molecular complexity index is 1080. The van der Waals surface area contributed by atoms with Gasteiger partial charge >= 0.3 is 0 Å². The normalized spacial score (nSPS) is 15.9. The Balaban J connectivity index is 1.49. The minimum absolute atomic E-state index is 0.0420. The first-order valence-corrected chi connectivity index (χ1v) is 12.7. The highest BCUT2D eigenvalue weighted by atomic mass is 35.5. The van der Waals surface area contributed by atoms with Crippen molar-refractivity contribution in [3.05, 3.63) is 112 Å². The van der Waals surface area contributed by atoms with Gasteiger partial charge in [-0.1, -0.05) is 90.0 Å². The lowest BCUT2D eigenvalue weighted by atomic mass is 9.88. The maximum absolute atomic E-state index is 13.2. The molecule has 3 aromatic rings. The highest BCUT2D eigenvalue weighted by Gasteiger charge is 2.30. The number of hydrogen-bond acceptors (Lipinski definition) is 3. The molecule has 35 heavy (non-hydrogen) atoms. The van der Waals surface area contributed by atoms with E-state index in [0.717, 1.165) is 31.5 Å². The van der Waals surface area contributed by atoms with E-state index < -0.39 is 6.10 Å². The van der Waals surface area contributed by atoms with Crippen LogP contribution in [0.4, 0.5) is 0 Å². The van der Waals surface area contributed by atoms with Gasteiger partial charge < -0.3 is 10.4 Å². The summed E-state index contributed by atoms with van der Waals surface area (Å²) in [7, 11) is 0. The van der Waals surface area contributed by atoms with Crippen LogP contribution in [0.2, 0.25) is 5.02 Å². The molecule has 3 aromatic carbocycles. The van der Waals surface area contributed by atoms with Crippen LogP contribution in [0, 0.1) is 0 Å². The van der Waals surface area contributed by atoms with Crippen molar-refractivity contribution in [1.82, 2.24) is 10.2 Å². The highest BCUT2D eigenvalue weighted by Crippen LogP contribution is 2.33. The standard InChI is InChI=1S/C30H33ClN2O2/c1-22(34)20-28(30(35)32-21-23-12-14-27(31)15-13-23)33-18-16-26(17-19-33)29(24-8-4-2-5-9-24)25-10-6-3-7-11-25/h2-15,22,28,34H,16-21H2,1H3,(H,32,35)/t22-,28+/m0/s1. The van der Waals surface area contributed by atoms with Crippen LogP contribution in [-0.4, -0.2) is 41.1 Å². The Morgan fingerprint density at radius 3 is 1.97 bits per heavy atom. The number of carbonyl (C=O) groups is 1. The van der Waals surface area contributed by atoms with Crippen LogP contribution < -0.4 is 5.32 Å². The van der Waals surface area contributed by atoms with Crippen LogP contribution in [0.3, 0.4) is 0 Å². The van der Waals surface area contributed by atoms with E-state index in [2.05, 4.69) is 58.7 Å². The zero-order valence-corrected chi connectivity index (χ0v) is 20.9. The zero-order chi connectivity index (χ0) is 24.6. The fourth-order valence-electron chi connectivity index (χ4n) is 4.79. The smallest absolute Gasteiger partial charge is 0.237 e. The maximum atomic E-state index is 13.2. The second kappa shape index (κ2) is 12.2. The molecule has 4 nitrogen and oxygen atoms in total. The van der Waals surface area contributed by atoms with Crippen LogP contribution in [0.25, 0.3) is 5.57 Å². The first kappa shape index (κ1) is 25.2. The van der Waals surface area contributed by atoms with Gasteiger partial charge in [-0.05, 0) is 60.6 Å². The van der Waals surface area contributed by atoms with Crippen LogP contribution in [0.1, 0.15) is 42.9 Å². The lowest BCUT2D eigenvalue weighted by Crippen LogP contribution is -2.50. The number of amides is 1. The van der Waals surface area contributed by atoms with Crippen molar-refractivity contribution in [1.29, 1.82) is 0 Å². The predicted octanol–water partition coefficient (Wildman–Crippen LogP) is 5.69. The van der Waals surface area contributed by atoms with Crippen LogP contribution in [0.15, 0.2) is 90.5 Å². The number of nitrogens with zero attached hydrogens (tertiary/aromatic N) is 1. The maximum Gasteiger partial charge on any atom is 0.237 e. The summed E-state index contributed by atoms with van der Waals surface area (Å²) in [6.07, 6.45) is 1.64. The van der Waals surface area contributed by atoms with Gasteiger partial charge in [0.1, 0.15) is 0 Å². The van der Waals surface area contributed by atoms with E-state index in [4.69, 9.17) is 11.6 Å². The second-order valence-electron chi connectivity index (χ2n) is 9.19. The Hall–Kier alpha value is -2.92. The molecule has 5 heteroatoms. The number of nitrogens with one attached hydrogen (secondary N) is 1. The summed E-state index contributed by atoms with van der Waals surface area (Å²) < 4.78 is 0. The van der Waals surface area contributed by atoms with Crippen LogP contribution in [0.5, 0.6) is 0 Å². The molecule has 0 unspecified atom stereocenters. The third kappa shape index (κ3) is 6.82. The van der Waals surface area contributed by atoms with Crippen molar-refractivity contribution >= 4 is 23.1 Å². The van der Waals surface area contributed by atoms with Gasteiger partial charge in [-0.3, -0.25) is 9.69 Å². The lowest BCUT2D eigenvalue weighted by molar-refractivity contribution is -0.128. The molecule has 1 aliphatic heterocycles. The third-order valence-electron chi connectivity index (χ3n) is 6.57. The summed E-state index contributed by atoms with van der Waals surface area (Å²) >= 11 is 5.97. The quantitative estimate of drug-likeness (QED) is 0.428. The Labute approximate surface area is 213 Å². The summed E-state index contributed by atoms with van der Waals surface area (Å²) in [5.74, 6) is -0.0420. The molecular weight excluding hydrogens is 456 g/mol. The fraction of sp³-hybridized carbons (Fsp3) is 0.300. The molecule has 1 heterocycles. The van der Waals surface area contributed by atoms with Gasteiger partial charge in [0, 0.05) is 24.7 Å². The van der Waals surface area contributed by atoms with E-state index in [1.54, 1.807) is 6.92 Å². The summed E-state index contributed by atoms with van der Waals surface area (Å²) in [4.78, 5) is 15.4. The summed E-state index contributed by atoms with van der Waals surface area (Å²) in [5.41, 5.74) is 6.16. The molecule has 1 amide bonds. The van der Waals surface area contributed by atoms with Gasteiger partial charge in [0.2, 0.25) is 5.91 Å². The number of halogens is 1. The number of hydrogen-bond donors (Lipinski definition) is 2. The molecule has 1 fully saturated rings. The number of aliphatic hydroxyl groups is 1. The average molecular weight is 489 g/mol. The number of benzene rings is 3. The summed E-state index contributed by atoms with van der Waals surface area (Å²) in [6, 6.07) is 28.2. The molecule has 2 N–H and O–H groups in total. The van der Waals surface area contributed by atoms with Crippen molar-refractivity contribution in [2.24, 2.45) is 0 Å². The predicted molar refractivity (Wildman–Crippen MR) is 143 cm³/mol. The van der Waals surface area contributed by atoms with Gasteiger partial charge in [-0.2, -0.15) is 0 Å². The van der Waals surface area contributed by atoms with Gasteiger partial charge in [0.15, 0.2) is 0 Å². The first-order valence-electron chi connectivity index (χ1n) is 12.3. The molecule has 0 aliphatic carbocycles. The monoisotopic (exact) mass is 488 g/mol.